The van der Waals surface area contributed by atoms with Crippen molar-refractivity contribution in [1.82, 2.24) is 0 Å². The molecule has 0 spiro atoms. The molecule has 1 aliphatic carbocycles. The van der Waals surface area contributed by atoms with Crippen molar-refractivity contribution in [3.63, 3.8) is 0 Å². The molecule has 3 nitrogen and oxygen atoms in total. The average Bonchev–Trinajstić information content (AvgIpc) is 2.49. The fourth-order valence-corrected chi connectivity index (χ4v) is 2.11. The van der Waals surface area contributed by atoms with Crippen molar-refractivity contribution in [2.45, 2.75) is 45.3 Å². The van der Waals surface area contributed by atoms with Gasteiger partial charge in [0.1, 0.15) is 5.78 Å². The first-order chi connectivity index (χ1) is 6.59. The van der Waals surface area contributed by atoms with Crippen LogP contribution in [0.5, 0.6) is 0 Å². The van der Waals surface area contributed by atoms with Crippen molar-refractivity contribution < 1.29 is 14.3 Å². The Balaban J connectivity index is 2.33. The molecule has 1 atom stereocenters. The van der Waals surface area contributed by atoms with E-state index < -0.39 is 0 Å². The molecule has 0 radical (unpaired) electrons. The van der Waals surface area contributed by atoms with Crippen LogP contribution in [0.3, 0.4) is 0 Å². The minimum atomic E-state index is -0.123. The van der Waals surface area contributed by atoms with E-state index >= 15 is 0 Å². The Labute approximate surface area is 85.8 Å². The predicted molar refractivity (Wildman–Crippen MR) is 54.0 cm³/mol. The summed E-state index contributed by atoms with van der Waals surface area (Å²) in [5.41, 5.74) is 0.187. The second-order valence-electron chi connectivity index (χ2n) is 4.47. The lowest BCUT2D eigenvalue weighted by Gasteiger charge is -2.24. The molecule has 0 aromatic carbocycles. The van der Waals surface area contributed by atoms with Gasteiger partial charge in [-0.1, -0.05) is 6.92 Å². The molecular weight excluding hydrogens is 180 g/mol. The number of hydrogen-bond acceptors (Lipinski definition) is 3. The van der Waals surface area contributed by atoms with Crippen LogP contribution in [0.25, 0.3) is 0 Å². The van der Waals surface area contributed by atoms with Crippen molar-refractivity contribution in [3.05, 3.63) is 0 Å². The minimum Gasteiger partial charge on any atom is -0.356 e. The first-order valence-electron chi connectivity index (χ1n) is 5.17. The van der Waals surface area contributed by atoms with Gasteiger partial charge in [-0.15, -0.1) is 0 Å². The lowest BCUT2D eigenvalue weighted by Crippen LogP contribution is -2.19. The maximum atomic E-state index is 11.2. The fourth-order valence-electron chi connectivity index (χ4n) is 2.11. The molecule has 0 aliphatic heterocycles. The van der Waals surface area contributed by atoms with E-state index in [1.165, 1.54) is 0 Å². The predicted octanol–water partition coefficient (Wildman–Crippen LogP) is 2.14. The highest BCUT2D eigenvalue weighted by Crippen LogP contribution is 2.39. The second kappa shape index (κ2) is 4.89. The molecule has 1 aliphatic rings. The van der Waals surface area contributed by atoms with Crippen LogP contribution >= 0.6 is 0 Å². The third kappa shape index (κ3) is 3.07. The highest BCUT2D eigenvalue weighted by atomic mass is 16.7. The second-order valence-corrected chi connectivity index (χ2v) is 4.47. The van der Waals surface area contributed by atoms with Crippen LogP contribution in [0.15, 0.2) is 0 Å². The Kier molecular flexibility index (Phi) is 4.08. The van der Waals surface area contributed by atoms with Gasteiger partial charge >= 0.3 is 0 Å². The lowest BCUT2D eigenvalue weighted by molar-refractivity contribution is -0.119. The highest BCUT2D eigenvalue weighted by molar-refractivity contribution is 5.81. The lowest BCUT2D eigenvalue weighted by atomic mass is 9.84. The highest BCUT2D eigenvalue weighted by Gasteiger charge is 2.33. The van der Waals surface area contributed by atoms with Crippen LogP contribution in [-0.4, -0.2) is 26.3 Å². The number of carbonyl (C=O) groups is 1. The number of Topliss-reactive ketones (excluding diaryl/α,β-unsaturated/α-hetero) is 1. The molecule has 0 aromatic heterocycles. The molecule has 0 N–H and O–H groups in total. The smallest absolute Gasteiger partial charge is 0.156 e. The molecule has 0 heterocycles. The summed E-state index contributed by atoms with van der Waals surface area (Å²) in [6.07, 6.45) is 4.25. The Bertz CT molecular complexity index is 199. The summed E-state index contributed by atoms with van der Waals surface area (Å²) in [5.74, 6) is 0.402. The van der Waals surface area contributed by atoms with Crippen LogP contribution < -0.4 is 0 Å². The molecule has 1 unspecified atom stereocenters. The van der Waals surface area contributed by atoms with Gasteiger partial charge in [0.15, 0.2) is 6.29 Å². The summed E-state index contributed by atoms with van der Waals surface area (Å²) in [6.45, 7) is 2.18. The van der Waals surface area contributed by atoms with E-state index in [0.717, 1.165) is 32.1 Å². The molecule has 1 saturated carbocycles. The van der Waals surface area contributed by atoms with E-state index in [-0.39, 0.29) is 11.7 Å². The Morgan fingerprint density at radius 3 is 2.50 bits per heavy atom. The summed E-state index contributed by atoms with van der Waals surface area (Å²) < 4.78 is 10.2. The third-order valence-electron chi connectivity index (χ3n) is 3.14. The number of methoxy groups -OCH3 is 2. The van der Waals surface area contributed by atoms with Gasteiger partial charge in [-0.25, -0.2) is 0 Å². The monoisotopic (exact) mass is 200 g/mol. The van der Waals surface area contributed by atoms with E-state index in [1.54, 1.807) is 14.2 Å². The Hall–Kier alpha value is -0.410. The summed E-state index contributed by atoms with van der Waals surface area (Å²) in [4.78, 5) is 11.2. The zero-order chi connectivity index (χ0) is 10.6. The maximum Gasteiger partial charge on any atom is 0.156 e. The standard InChI is InChI=1S/C11H20O3/c1-11(6-4-9(12)8-11)7-5-10(13-2)14-3/h10H,4-8H2,1-3H3. The minimum absolute atomic E-state index is 0.123. The van der Waals surface area contributed by atoms with Crippen LogP contribution in [0.1, 0.15) is 39.0 Å². The van der Waals surface area contributed by atoms with Gasteiger partial charge in [0.05, 0.1) is 0 Å². The first kappa shape index (κ1) is 11.7. The largest absolute Gasteiger partial charge is 0.356 e. The average molecular weight is 200 g/mol. The van der Waals surface area contributed by atoms with Crippen molar-refractivity contribution in [3.8, 4) is 0 Å². The molecule has 1 fully saturated rings. The van der Waals surface area contributed by atoms with E-state index in [1.807, 2.05) is 0 Å². The Morgan fingerprint density at radius 1 is 1.43 bits per heavy atom. The molecule has 3 heteroatoms. The zero-order valence-corrected chi connectivity index (χ0v) is 9.34. The van der Waals surface area contributed by atoms with Crippen LogP contribution in [0, 0.1) is 5.41 Å². The molecule has 14 heavy (non-hydrogen) atoms. The van der Waals surface area contributed by atoms with Gasteiger partial charge in [-0.05, 0) is 24.7 Å². The van der Waals surface area contributed by atoms with Crippen molar-refractivity contribution in [2.24, 2.45) is 5.41 Å². The number of rotatable bonds is 5. The number of ether oxygens (including phenoxy) is 2. The van der Waals surface area contributed by atoms with Crippen LogP contribution in [-0.2, 0) is 14.3 Å². The van der Waals surface area contributed by atoms with Crippen LogP contribution in [0.4, 0.5) is 0 Å². The van der Waals surface area contributed by atoms with Gasteiger partial charge in [0.2, 0.25) is 0 Å². The van der Waals surface area contributed by atoms with Gasteiger partial charge in [-0.3, -0.25) is 4.79 Å². The molecule has 0 bridgehead atoms. The summed E-state index contributed by atoms with van der Waals surface area (Å²) in [7, 11) is 3.30. The normalized spacial score (nSPS) is 27.6. The summed E-state index contributed by atoms with van der Waals surface area (Å²) >= 11 is 0. The first-order valence-corrected chi connectivity index (χ1v) is 5.17. The van der Waals surface area contributed by atoms with Crippen LogP contribution in [0.2, 0.25) is 0 Å². The molecule has 1 rings (SSSR count). The van der Waals surface area contributed by atoms with E-state index in [0.29, 0.717) is 5.78 Å². The van der Waals surface area contributed by atoms with E-state index in [2.05, 4.69) is 6.92 Å². The zero-order valence-electron chi connectivity index (χ0n) is 9.34. The topological polar surface area (TPSA) is 35.5 Å². The van der Waals surface area contributed by atoms with Gasteiger partial charge < -0.3 is 9.47 Å². The van der Waals surface area contributed by atoms with Gasteiger partial charge in [0.25, 0.3) is 0 Å². The fraction of sp³-hybridized carbons (Fsp3) is 0.909. The molecule has 0 aromatic rings. The van der Waals surface area contributed by atoms with E-state index in [9.17, 15) is 4.79 Å². The SMILES string of the molecule is COC(CCC1(C)CCC(=O)C1)OC. The van der Waals surface area contributed by atoms with Crippen molar-refractivity contribution >= 4 is 5.78 Å². The third-order valence-corrected chi connectivity index (χ3v) is 3.14. The number of carbonyl (C=O) groups excluding carboxylic acids is 1. The summed E-state index contributed by atoms with van der Waals surface area (Å²) in [5, 5.41) is 0. The quantitative estimate of drug-likeness (QED) is 0.638. The van der Waals surface area contributed by atoms with E-state index in [4.69, 9.17) is 9.47 Å². The maximum absolute atomic E-state index is 11.2. The molecular formula is C11H20O3. The van der Waals surface area contributed by atoms with Gasteiger partial charge in [0, 0.05) is 27.1 Å². The number of hydrogen-bond donors (Lipinski definition) is 0. The molecule has 82 valence electrons. The Morgan fingerprint density at radius 2 is 2.07 bits per heavy atom. The van der Waals surface area contributed by atoms with Crippen molar-refractivity contribution in [1.29, 1.82) is 0 Å². The molecule has 0 amide bonds. The van der Waals surface area contributed by atoms with Crippen molar-refractivity contribution in [2.75, 3.05) is 14.2 Å². The molecule has 0 saturated heterocycles. The van der Waals surface area contributed by atoms with Gasteiger partial charge in [-0.2, -0.15) is 0 Å². The number of ketones is 1. The summed E-state index contributed by atoms with van der Waals surface area (Å²) in [6, 6.07) is 0.